The molecule has 2 aromatic rings. The van der Waals surface area contributed by atoms with Crippen molar-refractivity contribution >= 4 is 17.3 Å². The second kappa shape index (κ2) is 7.94. The first-order chi connectivity index (χ1) is 12.6. The quantitative estimate of drug-likeness (QED) is 0.580. The zero-order valence-corrected chi connectivity index (χ0v) is 14.3. The number of carbonyl (C=O) groups is 1. The lowest BCUT2D eigenvalue weighted by molar-refractivity contribution is -0.384. The Hall–Kier alpha value is -3.30. The van der Waals surface area contributed by atoms with Crippen LogP contribution in [0.5, 0.6) is 5.75 Å². The average molecular weight is 383 g/mol. The molecule has 0 aliphatic carbocycles. The summed E-state index contributed by atoms with van der Waals surface area (Å²) in [4.78, 5) is 22.8. The number of hydrogen-bond donors (Lipinski definition) is 2. The molecule has 2 N–H and O–H groups in total. The van der Waals surface area contributed by atoms with E-state index in [4.69, 9.17) is 0 Å². The van der Waals surface area contributed by atoms with Crippen molar-refractivity contribution in [1.29, 1.82) is 0 Å². The van der Waals surface area contributed by atoms with Gasteiger partial charge in [-0.3, -0.25) is 14.9 Å². The molecule has 0 aliphatic rings. The van der Waals surface area contributed by atoms with Gasteiger partial charge in [-0.05, 0) is 30.7 Å². The first-order valence-electron chi connectivity index (χ1n) is 7.73. The van der Waals surface area contributed by atoms with Crippen LogP contribution < -0.4 is 15.4 Å². The maximum absolute atomic E-state index is 12.5. The summed E-state index contributed by atoms with van der Waals surface area (Å²) < 4.78 is 40.4. The third kappa shape index (κ3) is 5.33. The predicted molar refractivity (Wildman–Crippen MR) is 91.6 cm³/mol. The van der Waals surface area contributed by atoms with Crippen molar-refractivity contribution in [2.24, 2.45) is 0 Å². The molecule has 0 aromatic heterocycles. The molecule has 0 saturated heterocycles. The molecule has 0 saturated carbocycles. The molecule has 27 heavy (non-hydrogen) atoms. The number of alkyl halides is 3. The Bertz CT molecular complexity index is 838. The first kappa shape index (κ1) is 20.0. The van der Waals surface area contributed by atoms with Crippen LogP contribution in [0.25, 0.3) is 0 Å². The number of ether oxygens (including phenoxy) is 1. The average Bonchev–Trinajstić information content (AvgIpc) is 2.60. The number of benzene rings is 2. The van der Waals surface area contributed by atoms with Crippen LogP contribution in [0, 0.1) is 10.1 Å². The Morgan fingerprint density at radius 3 is 2.33 bits per heavy atom. The van der Waals surface area contributed by atoms with E-state index in [1.165, 1.54) is 24.3 Å². The van der Waals surface area contributed by atoms with E-state index >= 15 is 0 Å². The van der Waals surface area contributed by atoms with E-state index in [-0.39, 0.29) is 17.0 Å². The molecule has 10 heteroatoms. The van der Waals surface area contributed by atoms with Crippen LogP contribution in [0.2, 0.25) is 0 Å². The second-order valence-corrected chi connectivity index (χ2v) is 5.55. The molecule has 7 nitrogen and oxygen atoms in total. The highest BCUT2D eigenvalue weighted by molar-refractivity contribution is 6.00. The number of nitrogens with one attached hydrogen (secondary N) is 2. The number of non-ortho nitro benzene ring substituents is 1. The third-order valence-corrected chi connectivity index (χ3v) is 3.69. The standard InChI is InChI=1S/C17H16F3N3O4/c1-10(11-3-6-13(7-4-11)27-17(18,19)20)22-16(24)14-9-12(23(25)26)5-8-15(14)21-2/h3-10,21H,1-2H3,(H,22,24). The number of anilines is 1. The molecule has 0 aliphatic heterocycles. The summed E-state index contributed by atoms with van der Waals surface area (Å²) in [6.07, 6.45) is -4.78. The van der Waals surface area contributed by atoms with Gasteiger partial charge in [-0.2, -0.15) is 0 Å². The lowest BCUT2D eigenvalue weighted by Gasteiger charge is -2.17. The Balaban J connectivity index is 2.15. The molecule has 0 fully saturated rings. The number of rotatable bonds is 6. The monoisotopic (exact) mass is 383 g/mol. The maximum atomic E-state index is 12.5. The molecular formula is C17H16F3N3O4. The van der Waals surface area contributed by atoms with Crippen LogP contribution in [0.1, 0.15) is 28.9 Å². The van der Waals surface area contributed by atoms with E-state index < -0.39 is 23.2 Å². The van der Waals surface area contributed by atoms with Crippen molar-refractivity contribution in [3.63, 3.8) is 0 Å². The number of amides is 1. The van der Waals surface area contributed by atoms with Crippen LogP contribution in [-0.4, -0.2) is 24.2 Å². The Kier molecular flexibility index (Phi) is 5.88. The third-order valence-electron chi connectivity index (χ3n) is 3.69. The largest absolute Gasteiger partial charge is 0.573 e. The van der Waals surface area contributed by atoms with E-state index in [2.05, 4.69) is 15.4 Å². The van der Waals surface area contributed by atoms with E-state index in [0.717, 1.165) is 18.2 Å². The molecule has 0 spiro atoms. The normalized spacial score (nSPS) is 12.2. The van der Waals surface area contributed by atoms with Crippen molar-refractivity contribution in [3.8, 4) is 5.75 Å². The minimum atomic E-state index is -4.78. The molecule has 1 amide bonds. The van der Waals surface area contributed by atoms with Crippen molar-refractivity contribution in [2.75, 3.05) is 12.4 Å². The molecule has 0 radical (unpaired) electrons. The molecule has 0 heterocycles. The Labute approximate surface area is 152 Å². The maximum Gasteiger partial charge on any atom is 0.573 e. The first-order valence-corrected chi connectivity index (χ1v) is 7.73. The van der Waals surface area contributed by atoms with Gasteiger partial charge in [0.05, 0.1) is 16.5 Å². The summed E-state index contributed by atoms with van der Waals surface area (Å²) in [5.74, 6) is -0.938. The van der Waals surface area contributed by atoms with Crippen molar-refractivity contribution in [1.82, 2.24) is 5.32 Å². The lowest BCUT2D eigenvalue weighted by Crippen LogP contribution is -2.27. The van der Waals surface area contributed by atoms with Crippen molar-refractivity contribution in [3.05, 3.63) is 63.7 Å². The van der Waals surface area contributed by atoms with Gasteiger partial charge in [0.25, 0.3) is 11.6 Å². The Morgan fingerprint density at radius 1 is 1.19 bits per heavy atom. The van der Waals surface area contributed by atoms with Crippen LogP contribution in [0.3, 0.4) is 0 Å². The minimum Gasteiger partial charge on any atom is -0.406 e. The number of nitro benzene ring substituents is 1. The van der Waals surface area contributed by atoms with Crippen molar-refractivity contribution in [2.45, 2.75) is 19.3 Å². The van der Waals surface area contributed by atoms with Gasteiger partial charge in [0, 0.05) is 24.9 Å². The highest BCUT2D eigenvalue weighted by atomic mass is 19.4. The molecule has 2 rings (SSSR count). The van der Waals surface area contributed by atoms with Gasteiger partial charge in [-0.25, -0.2) is 0 Å². The van der Waals surface area contributed by atoms with Crippen LogP contribution in [0.15, 0.2) is 42.5 Å². The number of hydrogen-bond acceptors (Lipinski definition) is 5. The highest BCUT2D eigenvalue weighted by Crippen LogP contribution is 2.26. The van der Waals surface area contributed by atoms with Gasteiger partial charge < -0.3 is 15.4 Å². The molecule has 1 unspecified atom stereocenters. The Morgan fingerprint density at radius 2 is 1.81 bits per heavy atom. The zero-order valence-electron chi connectivity index (χ0n) is 14.3. The number of halogens is 3. The van der Waals surface area contributed by atoms with Gasteiger partial charge in [-0.15, -0.1) is 13.2 Å². The number of carbonyl (C=O) groups excluding carboxylic acids is 1. The second-order valence-electron chi connectivity index (χ2n) is 5.55. The molecule has 1 atom stereocenters. The molecule has 144 valence electrons. The minimum absolute atomic E-state index is 0.0792. The van der Waals surface area contributed by atoms with E-state index in [1.54, 1.807) is 14.0 Å². The number of nitrogens with zero attached hydrogens (tertiary/aromatic N) is 1. The predicted octanol–water partition coefficient (Wildman–Crippen LogP) is 4.03. The lowest BCUT2D eigenvalue weighted by atomic mass is 10.1. The summed E-state index contributed by atoms with van der Waals surface area (Å²) >= 11 is 0. The van der Waals surface area contributed by atoms with E-state index in [1.807, 2.05) is 0 Å². The van der Waals surface area contributed by atoms with Gasteiger partial charge >= 0.3 is 6.36 Å². The molecular weight excluding hydrogens is 367 g/mol. The van der Waals surface area contributed by atoms with Gasteiger partial charge in [0.1, 0.15) is 5.75 Å². The molecule has 2 aromatic carbocycles. The van der Waals surface area contributed by atoms with Gasteiger partial charge in [-0.1, -0.05) is 12.1 Å². The van der Waals surface area contributed by atoms with Crippen LogP contribution >= 0.6 is 0 Å². The fourth-order valence-corrected chi connectivity index (χ4v) is 2.37. The number of nitro groups is 1. The van der Waals surface area contributed by atoms with Crippen LogP contribution in [0.4, 0.5) is 24.5 Å². The van der Waals surface area contributed by atoms with Gasteiger partial charge in [0.2, 0.25) is 0 Å². The zero-order chi connectivity index (χ0) is 20.2. The summed E-state index contributed by atoms with van der Waals surface area (Å²) in [7, 11) is 1.57. The summed E-state index contributed by atoms with van der Waals surface area (Å²) in [5, 5.41) is 16.3. The van der Waals surface area contributed by atoms with Crippen molar-refractivity contribution < 1.29 is 27.6 Å². The topological polar surface area (TPSA) is 93.5 Å². The van der Waals surface area contributed by atoms with Crippen LogP contribution in [-0.2, 0) is 0 Å². The van der Waals surface area contributed by atoms with E-state index in [9.17, 15) is 28.1 Å². The SMILES string of the molecule is CNc1ccc([N+](=O)[O-])cc1C(=O)NC(C)c1ccc(OC(F)(F)F)cc1. The fourth-order valence-electron chi connectivity index (χ4n) is 2.37. The fraction of sp³-hybridized carbons (Fsp3) is 0.235. The summed E-state index contributed by atoms with van der Waals surface area (Å²) in [5.41, 5.74) is 0.782. The molecule has 0 bridgehead atoms. The van der Waals surface area contributed by atoms with E-state index in [0.29, 0.717) is 11.3 Å². The summed E-state index contributed by atoms with van der Waals surface area (Å²) in [6, 6.07) is 8.33. The summed E-state index contributed by atoms with van der Waals surface area (Å²) in [6.45, 7) is 1.63. The smallest absolute Gasteiger partial charge is 0.406 e. The van der Waals surface area contributed by atoms with Gasteiger partial charge in [0.15, 0.2) is 0 Å². The highest BCUT2D eigenvalue weighted by Gasteiger charge is 2.31.